The number of benzene rings is 3. The van der Waals surface area contributed by atoms with Gasteiger partial charge in [-0.05, 0) is 55.3 Å². The van der Waals surface area contributed by atoms with Gasteiger partial charge in [0.2, 0.25) is 5.91 Å². The van der Waals surface area contributed by atoms with Gasteiger partial charge in [-0.3, -0.25) is 14.4 Å². The number of carbonyl (C=O) groups excluding carboxylic acids is 1. The molecule has 0 fully saturated rings. The number of amides is 1. The molecular weight excluding hydrogens is 500 g/mol. The predicted octanol–water partition coefficient (Wildman–Crippen LogP) is 4.69. The minimum atomic E-state index is -0.524. The van der Waals surface area contributed by atoms with Gasteiger partial charge in [0.05, 0.1) is 17.8 Å². The molecule has 4 aromatic rings. The zero-order valence-corrected chi connectivity index (χ0v) is 22.1. The summed E-state index contributed by atoms with van der Waals surface area (Å²) in [6, 6.07) is 20.9. The summed E-state index contributed by atoms with van der Waals surface area (Å²) in [6.07, 6.45) is 0.151. The van der Waals surface area contributed by atoms with Crippen LogP contribution in [-0.4, -0.2) is 32.9 Å². The second kappa shape index (κ2) is 11.2. The first kappa shape index (κ1) is 25.6. The number of hydrogen-bond acceptors (Lipinski definition) is 6. The molecule has 1 aromatic heterocycles. The summed E-state index contributed by atoms with van der Waals surface area (Å²) < 4.78 is 8.18. The molecule has 0 radical (unpaired) electrons. The van der Waals surface area contributed by atoms with Crippen LogP contribution in [-0.2, 0) is 17.9 Å². The van der Waals surface area contributed by atoms with E-state index in [9.17, 15) is 4.79 Å². The lowest BCUT2D eigenvalue weighted by atomic mass is 10.00. The van der Waals surface area contributed by atoms with Crippen LogP contribution >= 0.6 is 11.6 Å². The van der Waals surface area contributed by atoms with Crippen molar-refractivity contribution < 1.29 is 9.53 Å². The Morgan fingerprint density at radius 2 is 1.87 bits per heavy atom. The van der Waals surface area contributed by atoms with E-state index in [1.54, 1.807) is 0 Å². The molecule has 0 saturated carbocycles. The standard InChI is InChI=1S/C29H29ClN6O2/c1-3-32-27(37)15-25-29-35-34-18(2)36(29)26-12-11-23(38-17-20-6-4-5-19(13-20)16-31)14-24(26)28(33-25)21-7-9-22(30)10-8-21/h4-14,25H,3,15-17,31H2,1-2H3,(H,32,37). The molecule has 5 rings (SSSR count). The molecule has 0 spiro atoms. The van der Waals surface area contributed by atoms with Gasteiger partial charge < -0.3 is 15.8 Å². The number of halogens is 1. The van der Waals surface area contributed by atoms with Crippen molar-refractivity contribution in [3.05, 3.63) is 106 Å². The van der Waals surface area contributed by atoms with E-state index < -0.39 is 6.04 Å². The summed E-state index contributed by atoms with van der Waals surface area (Å²) in [7, 11) is 0. The Bertz CT molecular complexity index is 1500. The van der Waals surface area contributed by atoms with E-state index in [2.05, 4.69) is 15.5 Å². The van der Waals surface area contributed by atoms with Gasteiger partial charge in [-0.25, -0.2) is 0 Å². The second-order valence-electron chi connectivity index (χ2n) is 9.09. The van der Waals surface area contributed by atoms with E-state index in [1.807, 2.05) is 85.1 Å². The van der Waals surface area contributed by atoms with Crippen molar-refractivity contribution in [2.24, 2.45) is 10.7 Å². The van der Waals surface area contributed by atoms with Crippen molar-refractivity contribution >= 4 is 23.2 Å². The Kier molecular flexibility index (Phi) is 7.53. The Labute approximate surface area is 226 Å². The number of hydrogen-bond donors (Lipinski definition) is 2. The lowest BCUT2D eigenvalue weighted by Gasteiger charge is -2.15. The van der Waals surface area contributed by atoms with E-state index in [1.165, 1.54) is 0 Å². The third kappa shape index (κ3) is 5.32. The molecule has 0 bridgehead atoms. The van der Waals surface area contributed by atoms with E-state index in [4.69, 9.17) is 27.1 Å². The number of ether oxygens (including phenoxy) is 1. The molecule has 8 nitrogen and oxygen atoms in total. The second-order valence-corrected chi connectivity index (χ2v) is 9.53. The molecule has 1 aliphatic heterocycles. The summed E-state index contributed by atoms with van der Waals surface area (Å²) >= 11 is 6.19. The number of nitrogens with zero attached hydrogens (tertiary/aromatic N) is 4. The highest BCUT2D eigenvalue weighted by atomic mass is 35.5. The van der Waals surface area contributed by atoms with Crippen molar-refractivity contribution in [1.82, 2.24) is 20.1 Å². The van der Waals surface area contributed by atoms with Gasteiger partial charge >= 0.3 is 0 Å². The van der Waals surface area contributed by atoms with Gasteiger partial charge in [0.1, 0.15) is 24.2 Å². The average molecular weight is 529 g/mol. The molecular formula is C29H29ClN6O2. The number of fused-ring (bicyclic) bond motifs is 3. The van der Waals surface area contributed by atoms with Crippen molar-refractivity contribution in [2.75, 3.05) is 6.54 Å². The summed E-state index contributed by atoms with van der Waals surface area (Å²) in [5.41, 5.74) is 11.2. The number of aromatic nitrogens is 3. The van der Waals surface area contributed by atoms with E-state index in [0.29, 0.717) is 42.1 Å². The van der Waals surface area contributed by atoms with Crippen LogP contribution in [0.15, 0.2) is 71.7 Å². The molecule has 38 heavy (non-hydrogen) atoms. The number of carbonyl (C=O) groups is 1. The van der Waals surface area contributed by atoms with Gasteiger partial charge in [0.15, 0.2) is 5.82 Å². The van der Waals surface area contributed by atoms with Crippen LogP contribution in [0.4, 0.5) is 0 Å². The first-order valence-corrected chi connectivity index (χ1v) is 12.9. The largest absolute Gasteiger partial charge is 0.489 e. The van der Waals surface area contributed by atoms with E-state index in [0.717, 1.165) is 33.7 Å². The van der Waals surface area contributed by atoms with Crippen molar-refractivity contribution in [1.29, 1.82) is 0 Å². The maximum atomic E-state index is 12.6. The topological polar surface area (TPSA) is 107 Å². The molecule has 194 valence electrons. The molecule has 2 heterocycles. The molecule has 1 atom stereocenters. The third-order valence-electron chi connectivity index (χ3n) is 6.40. The van der Waals surface area contributed by atoms with E-state index >= 15 is 0 Å². The highest BCUT2D eigenvalue weighted by Gasteiger charge is 2.30. The van der Waals surface area contributed by atoms with Gasteiger partial charge in [-0.1, -0.05) is 48.0 Å². The highest BCUT2D eigenvalue weighted by molar-refractivity contribution is 6.30. The van der Waals surface area contributed by atoms with Crippen molar-refractivity contribution in [3.63, 3.8) is 0 Å². The summed E-state index contributed by atoms with van der Waals surface area (Å²) in [6.45, 7) is 5.21. The zero-order chi connectivity index (χ0) is 26.6. The van der Waals surface area contributed by atoms with Crippen LogP contribution < -0.4 is 15.8 Å². The summed E-state index contributed by atoms with van der Waals surface area (Å²) in [5, 5.41) is 12.3. The molecule has 1 unspecified atom stereocenters. The maximum absolute atomic E-state index is 12.6. The first-order chi connectivity index (χ1) is 18.5. The number of nitrogens with one attached hydrogen (secondary N) is 1. The lowest BCUT2D eigenvalue weighted by molar-refractivity contribution is -0.121. The monoisotopic (exact) mass is 528 g/mol. The maximum Gasteiger partial charge on any atom is 0.222 e. The molecule has 3 aromatic carbocycles. The van der Waals surface area contributed by atoms with Gasteiger partial charge in [-0.2, -0.15) is 0 Å². The van der Waals surface area contributed by atoms with Crippen molar-refractivity contribution in [3.8, 4) is 11.4 Å². The number of aryl methyl sites for hydroxylation is 1. The number of aliphatic imine (C=N–C) groups is 1. The normalized spacial score (nSPS) is 14.2. The Morgan fingerprint density at radius 1 is 1.08 bits per heavy atom. The minimum absolute atomic E-state index is 0.0985. The fourth-order valence-corrected chi connectivity index (χ4v) is 4.72. The van der Waals surface area contributed by atoms with Gasteiger partial charge in [-0.15, -0.1) is 10.2 Å². The van der Waals surface area contributed by atoms with Gasteiger partial charge in [0, 0.05) is 29.2 Å². The quantitative estimate of drug-likeness (QED) is 0.345. The number of rotatable bonds is 8. The van der Waals surface area contributed by atoms with Crippen LogP contribution in [0, 0.1) is 6.92 Å². The smallest absolute Gasteiger partial charge is 0.222 e. The van der Waals surface area contributed by atoms with Crippen LogP contribution in [0.5, 0.6) is 5.75 Å². The fraction of sp³-hybridized carbons (Fsp3) is 0.241. The summed E-state index contributed by atoms with van der Waals surface area (Å²) in [5.74, 6) is 1.92. The highest BCUT2D eigenvalue weighted by Crippen LogP contribution is 2.34. The predicted molar refractivity (Wildman–Crippen MR) is 148 cm³/mol. The Hall–Kier alpha value is -4.01. The molecule has 9 heteroatoms. The van der Waals surface area contributed by atoms with Crippen LogP contribution in [0.25, 0.3) is 5.69 Å². The van der Waals surface area contributed by atoms with Gasteiger partial charge in [0.25, 0.3) is 0 Å². The molecule has 3 N–H and O–H groups in total. The summed E-state index contributed by atoms with van der Waals surface area (Å²) in [4.78, 5) is 17.7. The Balaban J connectivity index is 1.60. The minimum Gasteiger partial charge on any atom is -0.489 e. The molecule has 0 aliphatic carbocycles. The third-order valence-corrected chi connectivity index (χ3v) is 6.65. The van der Waals surface area contributed by atoms with E-state index in [-0.39, 0.29) is 12.3 Å². The molecule has 0 saturated heterocycles. The SMILES string of the molecule is CCNC(=O)CC1N=C(c2ccc(Cl)cc2)c2cc(OCc3cccc(CN)c3)ccc2-n2c(C)nnc21. The lowest BCUT2D eigenvalue weighted by Crippen LogP contribution is -2.25. The molecule has 1 aliphatic rings. The van der Waals surface area contributed by atoms with Crippen LogP contribution in [0.2, 0.25) is 5.02 Å². The Morgan fingerprint density at radius 3 is 2.63 bits per heavy atom. The zero-order valence-electron chi connectivity index (χ0n) is 21.3. The number of nitrogens with two attached hydrogens (primary N) is 1. The molecule has 1 amide bonds. The average Bonchev–Trinajstić information content (AvgIpc) is 3.25. The van der Waals surface area contributed by atoms with Crippen molar-refractivity contribution in [2.45, 2.75) is 39.5 Å². The van der Waals surface area contributed by atoms with Crippen LogP contribution in [0.3, 0.4) is 0 Å². The first-order valence-electron chi connectivity index (χ1n) is 12.5. The van der Waals surface area contributed by atoms with Crippen LogP contribution in [0.1, 0.15) is 53.3 Å². The fourth-order valence-electron chi connectivity index (χ4n) is 4.60.